The third kappa shape index (κ3) is 7.64. The minimum atomic E-state index is -1.35. The molecule has 0 aromatic heterocycles. The topological polar surface area (TPSA) is 137 Å². The molecule has 222 valence electrons. The molecule has 0 amide bonds. The van der Waals surface area contributed by atoms with Crippen LogP contribution in [-0.2, 0) is 18.9 Å². The van der Waals surface area contributed by atoms with Crippen molar-refractivity contribution in [1.82, 2.24) is 0 Å². The van der Waals surface area contributed by atoms with Crippen LogP contribution in [0.15, 0.2) is 131 Å². The predicted molar refractivity (Wildman–Crippen MR) is 162 cm³/mol. The van der Waals surface area contributed by atoms with Crippen molar-refractivity contribution < 1.29 is 33.3 Å². The molecule has 10 nitrogen and oxygen atoms in total. The van der Waals surface area contributed by atoms with Crippen LogP contribution in [0.2, 0.25) is 0 Å². The van der Waals surface area contributed by atoms with Crippen molar-refractivity contribution in [2.75, 3.05) is 6.54 Å². The van der Waals surface area contributed by atoms with Crippen molar-refractivity contribution in [3.63, 3.8) is 0 Å². The molecule has 0 bridgehead atoms. The highest BCUT2D eigenvalue weighted by molar-refractivity contribution is 7.99. The summed E-state index contributed by atoms with van der Waals surface area (Å²) in [5.41, 5.74) is 8.92. The van der Waals surface area contributed by atoms with Crippen molar-refractivity contribution in [2.24, 2.45) is 5.11 Å². The van der Waals surface area contributed by atoms with Gasteiger partial charge in [0.05, 0.1) is 23.2 Å². The molecule has 11 heteroatoms. The van der Waals surface area contributed by atoms with Gasteiger partial charge in [0.25, 0.3) is 0 Å². The number of thioether (sulfide) groups is 1. The van der Waals surface area contributed by atoms with Gasteiger partial charge in [-0.25, -0.2) is 14.4 Å². The summed E-state index contributed by atoms with van der Waals surface area (Å²) >= 11 is 1.22. The molecule has 1 aliphatic rings. The van der Waals surface area contributed by atoms with Gasteiger partial charge in [-0.15, -0.1) is 0 Å². The number of esters is 3. The summed E-state index contributed by atoms with van der Waals surface area (Å²) in [7, 11) is 0. The number of carbonyl (C=O) groups is 3. The van der Waals surface area contributed by atoms with E-state index in [1.54, 1.807) is 91.0 Å². The maximum absolute atomic E-state index is 13.5. The third-order valence-corrected chi connectivity index (χ3v) is 7.83. The SMILES string of the molecule is [N-]=[N+]=NC[C@H]1O[C@@H](Sc2ccccc2)[C@H](OC(=O)c2ccccc2)[C@@H](OC(=O)c2ccccc2)[C@@H]1OC(=O)c1ccccc1. The summed E-state index contributed by atoms with van der Waals surface area (Å²) in [5.74, 6) is -2.15. The molecule has 44 heavy (non-hydrogen) atoms. The fourth-order valence-corrected chi connectivity index (χ4v) is 5.70. The number of ether oxygens (including phenoxy) is 4. The quantitative estimate of drug-likeness (QED) is 0.0654. The minimum absolute atomic E-state index is 0.235. The highest BCUT2D eigenvalue weighted by atomic mass is 32.2. The highest BCUT2D eigenvalue weighted by Crippen LogP contribution is 2.38. The fraction of sp³-hybridized carbons (Fsp3) is 0.182. The van der Waals surface area contributed by atoms with Gasteiger partial charge in [-0.1, -0.05) is 89.7 Å². The summed E-state index contributed by atoms with van der Waals surface area (Å²) in [6, 6.07) is 34.1. The molecule has 1 aliphatic heterocycles. The molecule has 4 aromatic carbocycles. The molecule has 1 heterocycles. The Morgan fingerprint density at radius 2 is 1.05 bits per heavy atom. The van der Waals surface area contributed by atoms with Crippen molar-refractivity contribution in [1.29, 1.82) is 0 Å². The number of nitrogens with zero attached hydrogens (tertiary/aromatic N) is 3. The van der Waals surface area contributed by atoms with E-state index in [1.165, 1.54) is 11.8 Å². The maximum Gasteiger partial charge on any atom is 0.338 e. The Labute approximate surface area is 257 Å². The Bertz CT molecular complexity index is 1600. The number of hydrogen-bond acceptors (Lipinski definition) is 9. The molecule has 0 saturated carbocycles. The lowest BCUT2D eigenvalue weighted by Crippen LogP contribution is -2.61. The zero-order valence-electron chi connectivity index (χ0n) is 23.2. The maximum atomic E-state index is 13.5. The van der Waals surface area contributed by atoms with Crippen LogP contribution in [0.3, 0.4) is 0 Å². The average Bonchev–Trinajstić information content (AvgIpc) is 3.08. The van der Waals surface area contributed by atoms with Crippen LogP contribution in [0.5, 0.6) is 0 Å². The monoisotopic (exact) mass is 609 g/mol. The number of benzene rings is 4. The highest BCUT2D eigenvalue weighted by Gasteiger charge is 2.52. The molecule has 1 fully saturated rings. The van der Waals surface area contributed by atoms with Gasteiger partial charge in [-0.3, -0.25) is 0 Å². The van der Waals surface area contributed by atoms with E-state index in [0.717, 1.165) is 4.90 Å². The first-order valence-electron chi connectivity index (χ1n) is 13.7. The van der Waals surface area contributed by atoms with Gasteiger partial charge in [0.1, 0.15) is 11.5 Å². The van der Waals surface area contributed by atoms with Gasteiger partial charge in [-0.05, 0) is 54.1 Å². The second-order valence-corrected chi connectivity index (χ2v) is 10.8. The first kappa shape index (κ1) is 30.4. The van der Waals surface area contributed by atoms with Crippen molar-refractivity contribution in [2.45, 2.75) is 34.7 Å². The summed E-state index contributed by atoms with van der Waals surface area (Å²) in [5, 5.41) is 3.68. The first-order valence-corrected chi connectivity index (χ1v) is 14.6. The summed E-state index contributed by atoms with van der Waals surface area (Å²) in [6.45, 7) is -0.256. The standard InChI is InChI=1S/C33H27N3O7S/c34-36-35-21-26-27(41-30(37)22-13-5-1-6-14-22)28(42-31(38)23-15-7-2-8-16-23)29(43-32(39)24-17-9-3-10-18-24)33(40-26)44-25-19-11-4-12-20-25/h1-20,26-29,33H,21H2/t26-,27-,28+,29-,33+/m1/s1. The van der Waals surface area contributed by atoms with Gasteiger partial charge in [0.15, 0.2) is 18.3 Å². The van der Waals surface area contributed by atoms with Gasteiger partial charge in [0.2, 0.25) is 0 Å². The van der Waals surface area contributed by atoms with E-state index in [4.69, 9.17) is 24.5 Å². The van der Waals surface area contributed by atoms with E-state index >= 15 is 0 Å². The largest absolute Gasteiger partial charge is 0.452 e. The zero-order chi connectivity index (χ0) is 30.7. The molecule has 0 N–H and O–H groups in total. The predicted octanol–water partition coefficient (Wildman–Crippen LogP) is 6.49. The van der Waals surface area contributed by atoms with Crippen molar-refractivity contribution >= 4 is 29.7 Å². The molecule has 0 radical (unpaired) electrons. The third-order valence-electron chi connectivity index (χ3n) is 6.67. The molecule has 0 aliphatic carbocycles. The van der Waals surface area contributed by atoms with Gasteiger partial charge >= 0.3 is 17.9 Å². The van der Waals surface area contributed by atoms with Crippen molar-refractivity contribution in [3.8, 4) is 0 Å². The molecule has 0 spiro atoms. The van der Waals surface area contributed by atoms with Crippen LogP contribution in [0.1, 0.15) is 31.1 Å². The van der Waals surface area contributed by atoms with E-state index in [-0.39, 0.29) is 23.2 Å². The number of rotatable bonds is 10. The number of carbonyl (C=O) groups excluding carboxylic acids is 3. The average molecular weight is 610 g/mol. The second kappa shape index (κ2) is 14.9. The van der Waals surface area contributed by atoms with Crippen LogP contribution in [-0.4, -0.2) is 54.3 Å². The van der Waals surface area contributed by atoms with Crippen LogP contribution < -0.4 is 0 Å². The number of hydrogen-bond donors (Lipinski definition) is 0. The van der Waals surface area contributed by atoms with E-state index in [2.05, 4.69) is 10.0 Å². The lowest BCUT2D eigenvalue weighted by atomic mass is 9.98. The Hall–Kier alpha value is -5.09. The van der Waals surface area contributed by atoms with E-state index in [1.807, 2.05) is 30.3 Å². The fourth-order valence-electron chi connectivity index (χ4n) is 4.57. The van der Waals surface area contributed by atoms with E-state index < -0.39 is 47.8 Å². The minimum Gasteiger partial charge on any atom is -0.452 e. The van der Waals surface area contributed by atoms with Crippen molar-refractivity contribution in [3.05, 3.63) is 148 Å². The molecular formula is C33H27N3O7S. The Kier molecular flexibility index (Phi) is 10.3. The molecule has 4 aromatic rings. The Balaban J connectivity index is 1.57. The first-order chi connectivity index (χ1) is 21.5. The van der Waals surface area contributed by atoms with Crippen LogP contribution >= 0.6 is 11.8 Å². The Morgan fingerprint density at radius 1 is 0.636 bits per heavy atom. The molecule has 0 unspecified atom stereocenters. The van der Waals surface area contributed by atoms with Crippen LogP contribution in [0, 0.1) is 0 Å². The van der Waals surface area contributed by atoms with Crippen LogP contribution in [0.25, 0.3) is 10.4 Å². The lowest BCUT2D eigenvalue weighted by Gasteiger charge is -2.44. The lowest BCUT2D eigenvalue weighted by molar-refractivity contribution is -0.196. The number of azide groups is 1. The van der Waals surface area contributed by atoms with Gasteiger partial charge in [-0.2, -0.15) is 0 Å². The van der Waals surface area contributed by atoms with Crippen LogP contribution in [0.4, 0.5) is 0 Å². The second-order valence-electron chi connectivity index (χ2n) is 9.60. The Morgan fingerprint density at radius 3 is 1.50 bits per heavy atom. The zero-order valence-corrected chi connectivity index (χ0v) is 24.1. The summed E-state index contributed by atoms with van der Waals surface area (Å²) in [6.07, 6.45) is -4.98. The van der Waals surface area contributed by atoms with E-state index in [0.29, 0.717) is 0 Å². The normalized spacial score (nSPS) is 20.9. The summed E-state index contributed by atoms with van der Waals surface area (Å²) in [4.78, 5) is 43.8. The smallest absolute Gasteiger partial charge is 0.338 e. The molecule has 5 atom stereocenters. The summed E-state index contributed by atoms with van der Waals surface area (Å²) < 4.78 is 24.3. The molecule has 5 rings (SSSR count). The molecule has 1 saturated heterocycles. The van der Waals surface area contributed by atoms with Gasteiger partial charge < -0.3 is 18.9 Å². The van der Waals surface area contributed by atoms with Gasteiger partial charge in [0, 0.05) is 9.81 Å². The molecular weight excluding hydrogens is 582 g/mol. The van der Waals surface area contributed by atoms with E-state index in [9.17, 15) is 14.4 Å².